The van der Waals surface area contributed by atoms with Crippen molar-refractivity contribution in [1.82, 2.24) is 0 Å². The number of anilines is 1. The minimum Gasteiger partial charge on any atom is -0.365 e. The van der Waals surface area contributed by atoms with Gasteiger partial charge in [-0.2, -0.15) is 0 Å². The van der Waals surface area contributed by atoms with Gasteiger partial charge >= 0.3 is 0 Å². The summed E-state index contributed by atoms with van der Waals surface area (Å²) >= 11 is 8.78. The van der Waals surface area contributed by atoms with Gasteiger partial charge in [0.1, 0.15) is 5.00 Å². The van der Waals surface area contributed by atoms with Crippen LogP contribution in [0.2, 0.25) is 5.02 Å². The first kappa shape index (κ1) is 18.3. The van der Waals surface area contributed by atoms with Crippen LogP contribution < -0.4 is 11.1 Å². The summed E-state index contributed by atoms with van der Waals surface area (Å²) in [4.78, 5) is 26.4. The minimum absolute atomic E-state index is 0.140. The lowest BCUT2D eigenvalue weighted by Crippen LogP contribution is -2.19. The van der Waals surface area contributed by atoms with Gasteiger partial charge in [-0.1, -0.05) is 18.0 Å². The number of hydrogen-bond acceptors (Lipinski definition) is 4. The Hall–Kier alpha value is -1.50. The summed E-state index contributed by atoms with van der Waals surface area (Å²) in [5, 5.41) is 4.15. The van der Waals surface area contributed by atoms with E-state index in [0.29, 0.717) is 15.6 Å². The molecular weight excluding hydrogens is 376 g/mol. The molecule has 0 spiro atoms. The Morgan fingerprint density at radius 2 is 1.88 bits per heavy atom. The maximum atomic E-state index is 12.3. The van der Waals surface area contributed by atoms with Gasteiger partial charge in [0.2, 0.25) is 5.91 Å². The highest BCUT2D eigenvalue weighted by atomic mass is 35.5. The molecule has 1 aliphatic rings. The van der Waals surface area contributed by atoms with Crippen molar-refractivity contribution in [1.29, 1.82) is 0 Å². The number of nitrogens with one attached hydrogen (secondary N) is 1. The lowest BCUT2D eigenvalue weighted by atomic mass is 10.1. The fourth-order valence-corrected chi connectivity index (χ4v) is 5.07. The van der Waals surface area contributed by atoms with Crippen molar-refractivity contribution in [3.8, 4) is 0 Å². The van der Waals surface area contributed by atoms with Gasteiger partial charge in [-0.25, -0.2) is 0 Å². The first-order valence-electron chi connectivity index (χ1n) is 8.17. The average Bonchev–Trinajstić information content (AvgIpc) is 2.75. The second-order valence-corrected chi connectivity index (χ2v) is 8.51. The van der Waals surface area contributed by atoms with Gasteiger partial charge in [-0.05, 0) is 55.5 Å². The predicted octanol–water partition coefficient (Wildman–Crippen LogP) is 4.50. The van der Waals surface area contributed by atoms with Crippen LogP contribution in [0.5, 0.6) is 0 Å². The van der Waals surface area contributed by atoms with Crippen LogP contribution in [0.3, 0.4) is 0 Å². The molecule has 1 aromatic carbocycles. The van der Waals surface area contributed by atoms with E-state index in [1.165, 1.54) is 34.4 Å². The third-order valence-electron chi connectivity index (χ3n) is 4.10. The molecule has 132 valence electrons. The zero-order chi connectivity index (χ0) is 17.8. The molecular formula is C18H19ClN2O2S2. The summed E-state index contributed by atoms with van der Waals surface area (Å²) in [7, 11) is 0. The summed E-state index contributed by atoms with van der Waals surface area (Å²) in [6, 6.07) is 7.34. The molecule has 0 saturated carbocycles. The standard InChI is InChI=1S/C18H19ClN2O2S2/c19-11-6-8-12(9-7-11)24-10-15(22)21-18-16(17(20)23)13-4-2-1-3-5-14(13)25-18/h6-9H,1-5,10H2,(H2,20,23)(H,21,22). The largest absolute Gasteiger partial charge is 0.365 e. The summed E-state index contributed by atoms with van der Waals surface area (Å²) in [6.07, 6.45) is 5.16. The lowest BCUT2D eigenvalue weighted by Gasteiger charge is -2.06. The molecule has 0 saturated heterocycles. The van der Waals surface area contributed by atoms with Crippen LogP contribution in [0.1, 0.15) is 40.1 Å². The molecule has 3 N–H and O–H groups in total. The van der Waals surface area contributed by atoms with Gasteiger partial charge in [0, 0.05) is 14.8 Å². The maximum absolute atomic E-state index is 12.3. The molecule has 0 fully saturated rings. The third kappa shape index (κ3) is 4.57. The molecule has 0 bridgehead atoms. The maximum Gasteiger partial charge on any atom is 0.251 e. The Morgan fingerprint density at radius 3 is 2.60 bits per heavy atom. The van der Waals surface area contributed by atoms with E-state index in [-0.39, 0.29) is 11.7 Å². The first-order chi connectivity index (χ1) is 12.0. The Balaban J connectivity index is 1.70. The van der Waals surface area contributed by atoms with E-state index in [1.54, 1.807) is 12.1 Å². The highest BCUT2D eigenvalue weighted by Gasteiger charge is 2.24. The fraction of sp³-hybridized carbons (Fsp3) is 0.333. The van der Waals surface area contributed by atoms with Crippen molar-refractivity contribution < 1.29 is 9.59 Å². The summed E-state index contributed by atoms with van der Waals surface area (Å²) in [6.45, 7) is 0. The van der Waals surface area contributed by atoms with Crippen molar-refractivity contribution in [2.24, 2.45) is 5.73 Å². The number of carbonyl (C=O) groups is 2. The molecule has 3 rings (SSSR count). The number of aryl methyl sites for hydroxylation is 1. The van der Waals surface area contributed by atoms with Crippen LogP contribution in [0, 0.1) is 0 Å². The smallest absolute Gasteiger partial charge is 0.251 e. The normalized spacial score (nSPS) is 13.8. The Morgan fingerprint density at radius 1 is 1.16 bits per heavy atom. The number of rotatable bonds is 5. The number of thioether (sulfide) groups is 1. The van der Waals surface area contributed by atoms with Crippen LogP contribution in [0.4, 0.5) is 5.00 Å². The van der Waals surface area contributed by atoms with Crippen LogP contribution in [-0.4, -0.2) is 17.6 Å². The number of fused-ring (bicyclic) bond motifs is 1. The van der Waals surface area contributed by atoms with Crippen molar-refractivity contribution in [2.45, 2.75) is 37.0 Å². The van der Waals surface area contributed by atoms with E-state index in [0.717, 1.165) is 36.1 Å². The average molecular weight is 395 g/mol. The number of benzene rings is 1. The molecule has 1 aliphatic carbocycles. The highest BCUT2D eigenvalue weighted by molar-refractivity contribution is 8.00. The number of carbonyl (C=O) groups excluding carboxylic acids is 2. The van der Waals surface area contributed by atoms with Crippen LogP contribution in [0.25, 0.3) is 0 Å². The van der Waals surface area contributed by atoms with Gasteiger partial charge in [-0.3, -0.25) is 9.59 Å². The van der Waals surface area contributed by atoms with Gasteiger partial charge < -0.3 is 11.1 Å². The van der Waals surface area contributed by atoms with Gasteiger partial charge in [-0.15, -0.1) is 23.1 Å². The van der Waals surface area contributed by atoms with E-state index in [2.05, 4.69) is 5.32 Å². The molecule has 0 aliphatic heterocycles. The number of halogens is 1. The highest BCUT2D eigenvalue weighted by Crippen LogP contribution is 2.37. The molecule has 2 aromatic rings. The Kier molecular flexibility index (Phi) is 6.04. The van der Waals surface area contributed by atoms with E-state index >= 15 is 0 Å². The third-order valence-corrected chi connectivity index (χ3v) is 6.58. The molecule has 0 atom stereocenters. The number of nitrogens with two attached hydrogens (primary N) is 1. The van der Waals surface area contributed by atoms with E-state index in [4.69, 9.17) is 17.3 Å². The number of amides is 2. The van der Waals surface area contributed by atoms with Gasteiger partial charge in [0.05, 0.1) is 11.3 Å². The van der Waals surface area contributed by atoms with E-state index in [1.807, 2.05) is 12.1 Å². The topological polar surface area (TPSA) is 72.2 Å². The second-order valence-electron chi connectivity index (χ2n) is 5.92. The number of hydrogen-bond donors (Lipinski definition) is 2. The minimum atomic E-state index is -0.458. The van der Waals surface area contributed by atoms with Crippen molar-refractivity contribution in [3.05, 3.63) is 45.3 Å². The molecule has 1 aromatic heterocycles. The monoisotopic (exact) mass is 394 g/mol. The van der Waals surface area contributed by atoms with Crippen molar-refractivity contribution in [3.63, 3.8) is 0 Å². The molecule has 7 heteroatoms. The number of primary amides is 1. The predicted molar refractivity (Wildman–Crippen MR) is 105 cm³/mol. The van der Waals surface area contributed by atoms with Crippen molar-refractivity contribution in [2.75, 3.05) is 11.1 Å². The summed E-state index contributed by atoms with van der Waals surface area (Å²) in [5.74, 6) is -0.332. The lowest BCUT2D eigenvalue weighted by molar-refractivity contribution is -0.113. The quantitative estimate of drug-likeness (QED) is 0.579. The fourth-order valence-electron chi connectivity index (χ4n) is 2.93. The SMILES string of the molecule is NC(=O)c1c(NC(=O)CSc2ccc(Cl)cc2)sc2c1CCCCC2. The molecule has 2 amide bonds. The van der Waals surface area contributed by atoms with E-state index in [9.17, 15) is 9.59 Å². The first-order valence-corrected chi connectivity index (χ1v) is 10.3. The second kappa shape index (κ2) is 8.25. The van der Waals surface area contributed by atoms with Crippen molar-refractivity contribution >= 4 is 51.5 Å². The van der Waals surface area contributed by atoms with Gasteiger partial charge in [0.25, 0.3) is 5.91 Å². The van der Waals surface area contributed by atoms with Gasteiger partial charge in [0.15, 0.2) is 0 Å². The zero-order valence-corrected chi connectivity index (χ0v) is 16.0. The molecule has 25 heavy (non-hydrogen) atoms. The molecule has 4 nitrogen and oxygen atoms in total. The summed E-state index contributed by atoms with van der Waals surface area (Å²) in [5.41, 5.74) is 7.13. The molecule has 0 unspecified atom stereocenters. The zero-order valence-electron chi connectivity index (χ0n) is 13.6. The van der Waals surface area contributed by atoms with Crippen LogP contribution >= 0.6 is 34.7 Å². The number of thiophene rings is 1. The Bertz CT molecular complexity index is 787. The van der Waals surface area contributed by atoms with E-state index < -0.39 is 5.91 Å². The summed E-state index contributed by atoms with van der Waals surface area (Å²) < 4.78 is 0. The molecule has 0 radical (unpaired) electrons. The van der Waals surface area contributed by atoms with Crippen LogP contribution in [0.15, 0.2) is 29.2 Å². The Labute approximate surface area is 160 Å². The molecule has 1 heterocycles. The van der Waals surface area contributed by atoms with Crippen LogP contribution in [-0.2, 0) is 17.6 Å².